The number of carboxylic acids is 1. The van der Waals surface area contributed by atoms with Gasteiger partial charge in [0.2, 0.25) is 17.6 Å². The van der Waals surface area contributed by atoms with Crippen molar-refractivity contribution in [3.8, 4) is 17.1 Å². The van der Waals surface area contributed by atoms with E-state index in [0.717, 1.165) is 19.3 Å². The fourth-order valence-electron chi connectivity index (χ4n) is 5.95. The molecule has 1 unspecified atom stereocenters. The van der Waals surface area contributed by atoms with Gasteiger partial charge in [-0.2, -0.15) is 4.80 Å². The largest absolute Gasteiger partial charge is 0.497 e. The van der Waals surface area contributed by atoms with Crippen LogP contribution in [0.2, 0.25) is 0 Å². The van der Waals surface area contributed by atoms with Gasteiger partial charge in [0.05, 0.1) is 13.2 Å². The maximum atomic E-state index is 14.2. The zero-order chi connectivity index (χ0) is 32.4. The fourth-order valence-corrected chi connectivity index (χ4v) is 5.95. The Labute approximate surface area is 261 Å². The second kappa shape index (κ2) is 12.9. The zero-order valence-electron chi connectivity index (χ0n) is 26.1. The number of hydrogen-bond acceptors (Lipinski definition) is 9. The van der Waals surface area contributed by atoms with E-state index in [9.17, 15) is 24.3 Å². The summed E-state index contributed by atoms with van der Waals surface area (Å²) in [4.78, 5) is 55.9. The number of aromatic nitrogens is 4. The van der Waals surface area contributed by atoms with E-state index < -0.39 is 53.1 Å². The number of fused-ring (bicyclic) bond motifs is 2. The second-order valence-electron chi connectivity index (χ2n) is 12.9. The van der Waals surface area contributed by atoms with Crippen molar-refractivity contribution in [1.29, 1.82) is 0 Å². The normalized spacial score (nSPS) is 28.0. The molecule has 2 aromatic rings. The third-order valence-corrected chi connectivity index (χ3v) is 8.41. The lowest BCUT2D eigenvalue weighted by Crippen LogP contribution is -2.56. The molecule has 1 saturated heterocycles. The van der Waals surface area contributed by atoms with Crippen molar-refractivity contribution in [2.24, 2.45) is 5.92 Å². The third-order valence-electron chi connectivity index (χ3n) is 8.41. The molecular formula is C31H41N7O7. The highest BCUT2D eigenvalue weighted by molar-refractivity contribution is 5.96. The quantitative estimate of drug-likeness (QED) is 0.420. The maximum Gasteiger partial charge on any atom is 0.408 e. The number of nitrogens with one attached hydrogen (secondary N) is 2. The standard InChI is InChI=1S/C31H41N7O7/c1-30(2,3)45-29(43)32-23-14-9-7-5-6-8-12-20-17-31(20,28(41)42)33-26(39)24-16-21(18-37(24)27(23)40)38-35-25(34-36-38)19-11-10-13-22(15-19)44-4/h8,10-13,15,20-21,23-24H,5-7,9,14,16-18H2,1-4H3,(H,32,43)(H,33,39)(H,41,42)/b12-8-/t20-,21?,23+,24-,31-/m0/s1. The van der Waals surface area contributed by atoms with E-state index in [1.165, 1.54) is 9.70 Å². The Balaban J connectivity index is 1.44. The van der Waals surface area contributed by atoms with Gasteiger partial charge in [0, 0.05) is 24.4 Å². The predicted molar refractivity (Wildman–Crippen MR) is 161 cm³/mol. The number of rotatable bonds is 5. The van der Waals surface area contributed by atoms with Gasteiger partial charge < -0.3 is 30.1 Å². The number of carboxylic acid groups (broad SMARTS) is 1. The van der Waals surface area contributed by atoms with Crippen LogP contribution in [-0.2, 0) is 19.1 Å². The molecule has 0 radical (unpaired) electrons. The molecule has 1 aromatic heterocycles. The number of tetrazole rings is 1. The van der Waals surface area contributed by atoms with E-state index >= 15 is 0 Å². The minimum absolute atomic E-state index is 0.0563. The number of allylic oxidation sites excluding steroid dienone is 1. The molecule has 3 amide bonds. The maximum absolute atomic E-state index is 14.2. The van der Waals surface area contributed by atoms with E-state index in [4.69, 9.17) is 9.47 Å². The first-order chi connectivity index (χ1) is 21.4. The smallest absolute Gasteiger partial charge is 0.408 e. The van der Waals surface area contributed by atoms with Gasteiger partial charge in [0.25, 0.3) is 0 Å². The summed E-state index contributed by atoms with van der Waals surface area (Å²) in [5.74, 6) is -1.52. The van der Waals surface area contributed by atoms with Crippen LogP contribution in [0, 0.1) is 5.92 Å². The Morgan fingerprint density at radius 1 is 1.18 bits per heavy atom. The summed E-state index contributed by atoms with van der Waals surface area (Å²) >= 11 is 0. The molecular weight excluding hydrogens is 582 g/mol. The summed E-state index contributed by atoms with van der Waals surface area (Å²) in [5.41, 5.74) is -1.52. The van der Waals surface area contributed by atoms with Crippen molar-refractivity contribution < 1.29 is 33.8 Å². The van der Waals surface area contributed by atoms with Crippen molar-refractivity contribution in [2.75, 3.05) is 13.7 Å². The molecule has 5 rings (SSSR count). The van der Waals surface area contributed by atoms with Gasteiger partial charge in [0.15, 0.2) is 0 Å². The van der Waals surface area contributed by atoms with E-state index in [2.05, 4.69) is 26.0 Å². The number of ether oxygens (including phenoxy) is 2. The molecule has 1 saturated carbocycles. The van der Waals surface area contributed by atoms with Gasteiger partial charge >= 0.3 is 12.1 Å². The van der Waals surface area contributed by atoms with Crippen LogP contribution in [0.1, 0.15) is 71.8 Å². The third kappa shape index (κ3) is 7.26. The lowest BCUT2D eigenvalue weighted by molar-refractivity contribution is -0.145. The SMILES string of the molecule is COc1cccc(-c2nnn(C3C[C@H]4C(=O)N[C@@]5(C(=O)O)C[C@@H]5/C=C\CCCCC[C@@H](NC(=O)OC(C)(C)C)C(=O)N4C3)n2)c1. The first-order valence-electron chi connectivity index (χ1n) is 15.4. The summed E-state index contributed by atoms with van der Waals surface area (Å²) in [6.07, 6.45) is 6.88. The van der Waals surface area contributed by atoms with Crippen LogP contribution in [0.15, 0.2) is 36.4 Å². The predicted octanol–water partition coefficient (Wildman–Crippen LogP) is 2.86. The summed E-state index contributed by atoms with van der Waals surface area (Å²) in [6.45, 7) is 5.26. The summed E-state index contributed by atoms with van der Waals surface area (Å²) in [7, 11) is 1.56. The molecule has 2 aliphatic heterocycles. The fraction of sp³-hybridized carbons (Fsp3) is 0.581. The lowest BCUT2D eigenvalue weighted by atomic mass is 10.0. The van der Waals surface area contributed by atoms with E-state index in [1.54, 1.807) is 46.1 Å². The monoisotopic (exact) mass is 623 g/mol. The number of aliphatic carboxylic acids is 1. The highest BCUT2D eigenvalue weighted by atomic mass is 16.6. The first kappa shape index (κ1) is 31.9. The van der Waals surface area contributed by atoms with E-state index in [1.807, 2.05) is 18.2 Å². The molecule has 14 heteroatoms. The van der Waals surface area contributed by atoms with Gasteiger partial charge in [0.1, 0.15) is 29.0 Å². The number of carbonyl (C=O) groups is 4. The van der Waals surface area contributed by atoms with Gasteiger partial charge in [-0.25, -0.2) is 9.59 Å². The van der Waals surface area contributed by atoms with Crippen molar-refractivity contribution >= 4 is 23.9 Å². The summed E-state index contributed by atoms with van der Waals surface area (Å²) < 4.78 is 10.7. The Bertz CT molecular complexity index is 1470. The van der Waals surface area contributed by atoms with Crippen molar-refractivity contribution in [3.05, 3.63) is 36.4 Å². The average Bonchev–Trinajstić information content (AvgIpc) is 3.31. The second-order valence-corrected chi connectivity index (χ2v) is 12.9. The Hall–Kier alpha value is -4.49. The molecule has 2 fully saturated rings. The Kier molecular flexibility index (Phi) is 9.12. The van der Waals surface area contributed by atoms with Crippen molar-refractivity contribution in [3.63, 3.8) is 0 Å². The minimum atomic E-state index is -1.43. The van der Waals surface area contributed by atoms with Gasteiger partial charge in [-0.15, -0.1) is 10.2 Å². The van der Waals surface area contributed by atoms with Crippen LogP contribution >= 0.6 is 0 Å². The minimum Gasteiger partial charge on any atom is -0.497 e. The average molecular weight is 624 g/mol. The molecule has 3 aliphatic rings. The van der Waals surface area contributed by atoms with Crippen LogP contribution in [0.3, 0.4) is 0 Å². The molecule has 242 valence electrons. The van der Waals surface area contributed by atoms with Crippen molar-refractivity contribution in [2.45, 2.75) is 95.0 Å². The highest BCUT2D eigenvalue weighted by Gasteiger charge is 2.61. The van der Waals surface area contributed by atoms with Gasteiger partial charge in [-0.05, 0) is 63.8 Å². The highest BCUT2D eigenvalue weighted by Crippen LogP contribution is 2.45. The van der Waals surface area contributed by atoms with Gasteiger partial charge in [-0.3, -0.25) is 9.59 Å². The molecule has 1 aliphatic carbocycles. The molecule has 1 aromatic carbocycles. The topological polar surface area (TPSA) is 178 Å². The number of carbonyl (C=O) groups excluding carboxylic acids is 3. The number of hydrogen-bond donors (Lipinski definition) is 3. The van der Waals surface area contributed by atoms with Crippen LogP contribution in [0.5, 0.6) is 5.75 Å². The molecule has 5 atom stereocenters. The molecule has 14 nitrogen and oxygen atoms in total. The zero-order valence-corrected chi connectivity index (χ0v) is 26.1. The molecule has 0 spiro atoms. The van der Waals surface area contributed by atoms with E-state index in [0.29, 0.717) is 30.0 Å². The molecule has 3 heterocycles. The van der Waals surface area contributed by atoms with Crippen LogP contribution < -0.4 is 15.4 Å². The Morgan fingerprint density at radius 2 is 1.98 bits per heavy atom. The number of methoxy groups -OCH3 is 1. The first-order valence-corrected chi connectivity index (χ1v) is 15.4. The van der Waals surface area contributed by atoms with E-state index in [-0.39, 0.29) is 25.3 Å². The van der Waals surface area contributed by atoms with Crippen LogP contribution in [0.4, 0.5) is 4.79 Å². The van der Waals surface area contributed by atoms with Crippen molar-refractivity contribution in [1.82, 2.24) is 35.7 Å². The number of amides is 3. The molecule has 3 N–H and O–H groups in total. The number of benzene rings is 1. The molecule has 45 heavy (non-hydrogen) atoms. The van der Waals surface area contributed by atoms with Crippen LogP contribution in [-0.4, -0.2) is 91.0 Å². The van der Waals surface area contributed by atoms with Gasteiger partial charge in [-0.1, -0.05) is 37.1 Å². The summed E-state index contributed by atoms with van der Waals surface area (Å²) in [5, 5.41) is 28.5. The number of nitrogens with zero attached hydrogens (tertiary/aromatic N) is 5. The molecule has 0 bridgehead atoms. The Morgan fingerprint density at radius 3 is 2.71 bits per heavy atom. The number of alkyl carbamates (subject to hydrolysis) is 1. The summed E-state index contributed by atoms with van der Waals surface area (Å²) in [6, 6.07) is 4.69. The lowest BCUT2D eigenvalue weighted by Gasteiger charge is -2.30. The van der Waals surface area contributed by atoms with Crippen LogP contribution in [0.25, 0.3) is 11.4 Å².